The number of nitrogens with one attached hydrogen (secondary N) is 1. The Morgan fingerprint density at radius 3 is 2.57 bits per heavy atom. The molecule has 0 aromatic carbocycles. The zero-order chi connectivity index (χ0) is 16.1. The molecule has 120 valence electrons. The van der Waals surface area contributed by atoms with E-state index in [0.717, 1.165) is 11.3 Å². The van der Waals surface area contributed by atoms with Gasteiger partial charge in [-0.15, -0.1) is 11.3 Å². The van der Waals surface area contributed by atoms with E-state index in [1.807, 2.05) is 0 Å². The summed E-state index contributed by atoms with van der Waals surface area (Å²) in [6, 6.07) is 2.74. The maximum atomic E-state index is 11.8. The van der Waals surface area contributed by atoms with Crippen LogP contribution in [0.2, 0.25) is 0 Å². The molecule has 1 rings (SSSR count). The average Bonchev–Trinajstić information content (AvgIpc) is 2.75. The number of hydrogen-bond donors (Lipinski definition) is 2. The first-order valence-electron chi connectivity index (χ1n) is 5.60. The van der Waals surface area contributed by atoms with Gasteiger partial charge in [0.1, 0.15) is 10.8 Å². The Hall–Kier alpha value is -1.17. The minimum absolute atomic E-state index is 0.0567. The Labute approximate surface area is 123 Å². The van der Waals surface area contributed by atoms with Crippen molar-refractivity contribution in [2.75, 3.05) is 19.8 Å². The molecule has 0 aliphatic heterocycles. The Morgan fingerprint density at radius 2 is 2.05 bits per heavy atom. The number of alkyl halides is 3. The van der Waals surface area contributed by atoms with Crippen LogP contribution >= 0.6 is 11.3 Å². The number of sulfonamides is 1. The van der Waals surface area contributed by atoms with Crippen LogP contribution in [-0.4, -0.2) is 40.3 Å². The van der Waals surface area contributed by atoms with Crippen LogP contribution < -0.4 is 10.5 Å². The predicted octanol–water partition coefficient (Wildman–Crippen LogP) is 0.633. The molecule has 11 heteroatoms. The highest BCUT2D eigenvalue weighted by molar-refractivity contribution is 7.91. The van der Waals surface area contributed by atoms with Gasteiger partial charge in [-0.1, -0.05) is 0 Å². The van der Waals surface area contributed by atoms with Gasteiger partial charge in [0.2, 0.25) is 15.9 Å². The van der Waals surface area contributed by atoms with E-state index in [1.54, 1.807) is 0 Å². The SMILES string of the molecule is NS(=O)(=O)c1ccc(CC(=O)NCCOCC(F)(F)F)s1. The van der Waals surface area contributed by atoms with Gasteiger partial charge in [0.15, 0.2) is 0 Å². The van der Waals surface area contributed by atoms with Crippen LogP contribution in [-0.2, 0) is 26.0 Å². The molecule has 0 aliphatic rings. The molecule has 1 aromatic heterocycles. The zero-order valence-electron chi connectivity index (χ0n) is 10.6. The second-order valence-corrected chi connectivity index (χ2v) is 6.92. The molecule has 6 nitrogen and oxygen atoms in total. The summed E-state index contributed by atoms with van der Waals surface area (Å²) < 4.78 is 61.6. The summed E-state index contributed by atoms with van der Waals surface area (Å²) in [6.45, 7) is -1.70. The van der Waals surface area contributed by atoms with Crippen molar-refractivity contribution >= 4 is 27.3 Å². The summed E-state index contributed by atoms with van der Waals surface area (Å²) in [4.78, 5) is 11.9. The second-order valence-electron chi connectivity index (χ2n) is 3.96. The highest BCUT2D eigenvalue weighted by atomic mass is 32.2. The van der Waals surface area contributed by atoms with Crippen molar-refractivity contribution in [3.8, 4) is 0 Å². The first kappa shape index (κ1) is 17.9. The number of amides is 1. The summed E-state index contributed by atoms with van der Waals surface area (Å²) >= 11 is 0.861. The maximum Gasteiger partial charge on any atom is 0.411 e. The molecule has 0 atom stereocenters. The molecule has 3 N–H and O–H groups in total. The third-order valence-corrected chi connectivity index (χ3v) is 4.61. The van der Waals surface area contributed by atoms with Crippen LogP contribution in [0, 0.1) is 0 Å². The Balaban J connectivity index is 2.30. The number of nitrogens with two attached hydrogens (primary N) is 1. The molecule has 0 bridgehead atoms. The molecule has 0 fully saturated rings. The van der Waals surface area contributed by atoms with Gasteiger partial charge in [0, 0.05) is 11.4 Å². The van der Waals surface area contributed by atoms with Crippen LogP contribution in [0.15, 0.2) is 16.3 Å². The van der Waals surface area contributed by atoms with Crippen molar-refractivity contribution < 1.29 is 31.1 Å². The molecule has 0 unspecified atom stereocenters. The standard InChI is InChI=1S/C10H13F3N2O4S2/c11-10(12,13)6-19-4-3-15-8(16)5-7-1-2-9(20-7)21(14,17)18/h1-2H,3-6H2,(H,15,16)(H2,14,17,18). The van der Waals surface area contributed by atoms with Gasteiger partial charge in [-0.3, -0.25) is 4.79 Å². The molecule has 0 saturated carbocycles. The van der Waals surface area contributed by atoms with Crippen LogP contribution in [0.3, 0.4) is 0 Å². The molecular formula is C10H13F3N2O4S2. The van der Waals surface area contributed by atoms with Gasteiger partial charge in [-0.25, -0.2) is 13.6 Å². The topological polar surface area (TPSA) is 98.5 Å². The van der Waals surface area contributed by atoms with Crippen LogP contribution in [0.5, 0.6) is 0 Å². The minimum atomic E-state index is -4.40. The van der Waals surface area contributed by atoms with E-state index in [2.05, 4.69) is 10.1 Å². The number of ether oxygens (including phenoxy) is 1. The lowest BCUT2D eigenvalue weighted by Gasteiger charge is -2.08. The largest absolute Gasteiger partial charge is 0.411 e. The summed E-state index contributed by atoms with van der Waals surface area (Å²) in [5, 5.41) is 7.28. The smallest absolute Gasteiger partial charge is 0.370 e. The lowest BCUT2D eigenvalue weighted by Crippen LogP contribution is -2.29. The quantitative estimate of drug-likeness (QED) is 0.708. The molecule has 21 heavy (non-hydrogen) atoms. The Kier molecular flexibility index (Phi) is 6.13. The fourth-order valence-corrected chi connectivity index (χ4v) is 3.05. The van der Waals surface area contributed by atoms with Gasteiger partial charge >= 0.3 is 6.18 Å². The average molecular weight is 346 g/mol. The first-order valence-corrected chi connectivity index (χ1v) is 7.97. The van der Waals surface area contributed by atoms with E-state index in [1.165, 1.54) is 12.1 Å². The third-order valence-electron chi connectivity index (χ3n) is 2.09. The van der Waals surface area contributed by atoms with E-state index in [0.29, 0.717) is 4.88 Å². The molecule has 0 radical (unpaired) electrons. The van der Waals surface area contributed by atoms with Gasteiger partial charge in [-0.05, 0) is 12.1 Å². The molecule has 0 spiro atoms. The number of primary sulfonamides is 1. The van der Waals surface area contributed by atoms with E-state index >= 15 is 0 Å². The maximum absolute atomic E-state index is 11.8. The summed E-state index contributed by atoms with van der Waals surface area (Å²) in [7, 11) is -3.80. The van der Waals surface area contributed by atoms with E-state index in [4.69, 9.17) is 5.14 Å². The fourth-order valence-electron chi connectivity index (χ4n) is 1.28. The Bertz CT molecular complexity index is 583. The van der Waals surface area contributed by atoms with Crippen molar-refractivity contribution in [1.82, 2.24) is 5.32 Å². The second kappa shape index (κ2) is 7.20. The minimum Gasteiger partial charge on any atom is -0.370 e. The summed E-state index contributed by atoms with van der Waals surface area (Å²) in [6.07, 6.45) is -4.48. The normalized spacial score (nSPS) is 12.4. The molecule has 1 amide bonds. The van der Waals surface area contributed by atoms with Crippen LogP contribution in [0.25, 0.3) is 0 Å². The number of thiophene rings is 1. The highest BCUT2D eigenvalue weighted by Gasteiger charge is 2.27. The van der Waals surface area contributed by atoms with Crippen LogP contribution in [0.1, 0.15) is 4.88 Å². The van der Waals surface area contributed by atoms with Crippen molar-refractivity contribution in [1.29, 1.82) is 0 Å². The molecular weight excluding hydrogens is 333 g/mol. The fraction of sp³-hybridized carbons (Fsp3) is 0.500. The van der Waals surface area contributed by atoms with Crippen LogP contribution in [0.4, 0.5) is 13.2 Å². The van der Waals surface area contributed by atoms with Gasteiger partial charge < -0.3 is 10.1 Å². The lowest BCUT2D eigenvalue weighted by molar-refractivity contribution is -0.173. The van der Waals surface area contributed by atoms with Crippen molar-refractivity contribution in [3.05, 3.63) is 17.0 Å². The highest BCUT2D eigenvalue weighted by Crippen LogP contribution is 2.20. The zero-order valence-corrected chi connectivity index (χ0v) is 12.3. The monoisotopic (exact) mass is 346 g/mol. The lowest BCUT2D eigenvalue weighted by atomic mass is 10.3. The predicted molar refractivity (Wildman–Crippen MR) is 69.3 cm³/mol. The van der Waals surface area contributed by atoms with Gasteiger partial charge in [0.25, 0.3) is 0 Å². The molecule has 1 heterocycles. The molecule has 0 saturated heterocycles. The summed E-state index contributed by atoms with van der Waals surface area (Å²) in [5.74, 6) is -0.451. The number of rotatable bonds is 7. The summed E-state index contributed by atoms with van der Waals surface area (Å²) in [5.41, 5.74) is 0. The molecule has 1 aromatic rings. The van der Waals surface area contributed by atoms with Gasteiger partial charge in [-0.2, -0.15) is 13.2 Å². The first-order chi connectivity index (χ1) is 9.58. The van der Waals surface area contributed by atoms with Crippen molar-refractivity contribution in [2.24, 2.45) is 5.14 Å². The van der Waals surface area contributed by atoms with E-state index < -0.39 is 28.7 Å². The van der Waals surface area contributed by atoms with Crippen molar-refractivity contribution in [3.63, 3.8) is 0 Å². The number of carbonyl (C=O) groups excluding carboxylic acids is 1. The van der Waals surface area contributed by atoms with Crippen molar-refractivity contribution in [2.45, 2.75) is 16.8 Å². The van der Waals surface area contributed by atoms with E-state index in [9.17, 15) is 26.4 Å². The number of carbonyl (C=O) groups is 1. The Morgan fingerprint density at radius 1 is 1.38 bits per heavy atom. The third kappa shape index (κ3) is 7.41. The van der Waals surface area contributed by atoms with E-state index in [-0.39, 0.29) is 23.8 Å². The number of hydrogen-bond acceptors (Lipinski definition) is 5. The number of halogens is 3. The molecule has 0 aliphatic carbocycles. The van der Waals surface area contributed by atoms with Gasteiger partial charge in [0.05, 0.1) is 13.0 Å².